The Morgan fingerprint density at radius 1 is 1.00 bits per heavy atom. The van der Waals surface area contributed by atoms with Gasteiger partial charge in [-0.15, -0.1) is 0 Å². The van der Waals surface area contributed by atoms with Gasteiger partial charge < -0.3 is 18.9 Å². The fourth-order valence-electron chi connectivity index (χ4n) is 2.65. The lowest BCUT2D eigenvalue weighted by molar-refractivity contribution is -0.374. The second-order valence-corrected chi connectivity index (χ2v) is 5.38. The lowest BCUT2D eigenvalue weighted by atomic mass is 10.1. The highest BCUT2D eigenvalue weighted by atomic mass is 16.6. The molecule has 2 rings (SSSR count). The van der Waals surface area contributed by atoms with Crippen molar-refractivity contribution in [1.29, 1.82) is 0 Å². The molecular formula is C20H23NO6. The van der Waals surface area contributed by atoms with E-state index in [1.54, 1.807) is 25.1 Å². The summed E-state index contributed by atoms with van der Waals surface area (Å²) in [5.41, 5.74) is 0.817. The average molecular weight is 373 g/mol. The minimum atomic E-state index is -0.452. The maximum absolute atomic E-state index is 11.9. The Kier molecular flexibility index (Phi) is 7.05. The normalized spacial score (nSPS) is 11.0. The zero-order valence-electron chi connectivity index (χ0n) is 15.9. The molecule has 0 aliphatic rings. The highest BCUT2D eigenvalue weighted by Gasteiger charge is 2.29. The van der Waals surface area contributed by atoms with E-state index < -0.39 is 4.92 Å². The van der Waals surface area contributed by atoms with Crippen LogP contribution in [0.25, 0.3) is 11.8 Å². The maximum atomic E-state index is 11.9. The van der Waals surface area contributed by atoms with E-state index in [0.29, 0.717) is 30.3 Å². The Labute approximate surface area is 158 Å². The fourth-order valence-corrected chi connectivity index (χ4v) is 2.65. The van der Waals surface area contributed by atoms with Gasteiger partial charge in [-0.1, -0.05) is 30.3 Å². The van der Waals surface area contributed by atoms with Crippen molar-refractivity contribution in [2.45, 2.75) is 13.8 Å². The van der Waals surface area contributed by atoms with E-state index in [1.807, 2.05) is 25.1 Å². The van der Waals surface area contributed by atoms with Crippen LogP contribution in [0.15, 0.2) is 36.4 Å². The molecule has 2 aromatic carbocycles. The van der Waals surface area contributed by atoms with Crippen LogP contribution in [0.3, 0.4) is 0 Å². The first kappa shape index (κ1) is 20.1. The zero-order valence-corrected chi connectivity index (χ0v) is 15.9. The van der Waals surface area contributed by atoms with Crippen molar-refractivity contribution in [3.05, 3.63) is 57.6 Å². The van der Waals surface area contributed by atoms with Gasteiger partial charge in [-0.2, -0.15) is 0 Å². The van der Waals surface area contributed by atoms with Gasteiger partial charge in [0.15, 0.2) is 11.5 Å². The van der Waals surface area contributed by atoms with E-state index in [0.717, 1.165) is 0 Å². The highest BCUT2D eigenvalue weighted by molar-refractivity contribution is 5.83. The number of hydrogen-bond acceptors (Lipinski definition) is 6. The Morgan fingerprint density at radius 3 is 2.15 bits per heavy atom. The molecule has 7 nitrogen and oxygen atoms in total. The molecule has 0 saturated carbocycles. The molecule has 0 aliphatic carbocycles. The third-order valence-corrected chi connectivity index (χ3v) is 3.73. The van der Waals surface area contributed by atoms with Crippen LogP contribution in [0, 0.1) is 10.1 Å². The molecule has 0 unspecified atom stereocenters. The first-order chi connectivity index (χ1) is 13.1. The molecule has 0 heterocycles. The van der Waals surface area contributed by atoms with Crippen LogP contribution >= 0.6 is 0 Å². The molecule has 0 spiro atoms. The largest absolute Gasteiger partial charge is 0.490 e. The summed E-state index contributed by atoms with van der Waals surface area (Å²) in [4.78, 5) is 11.4. The minimum absolute atomic E-state index is 0.133. The second kappa shape index (κ2) is 9.47. The summed E-state index contributed by atoms with van der Waals surface area (Å²) < 4.78 is 22.2. The summed E-state index contributed by atoms with van der Waals surface area (Å²) in [5, 5.41) is 11.9. The van der Waals surface area contributed by atoms with Crippen LogP contribution in [0.2, 0.25) is 0 Å². The predicted octanol–water partition coefficient (Wildman–Crippen LogP) is 4.28. The molecule has 0 fully saturated rings. The fraction of sp³-hybridized carbons (Fsp3) is 0.300. The second-order valence-electron chi connectivity index (χ2n) is 5.38. The van der Waals surface area contributed by atoms with Crippen LogP contribution in [0.5, 0.6) is 23.0 Å². The summed E-state index contributed by atoms with van der Waals surface area (Å²) in [6.45, 7) is 4.27. The van der Waals surface area contributed by atoms with Crippen LogP contribution in [-0.4, -0.2) is 32.4 Å². The molecule has 2 aromatic rings. The van der Waals surface area contributed by atoms with Crippen molar-refractivity contribution in [2.24, 2.45) is 0 Å². The average Bonchev–Trinajstić information content (AvgIpc) is 2.67. The first-order valence-electron chi connectivity index (χ1n) is 8.53. The molecular weight excluding hydrogens is 350 g/mol. The first-order valence-corrected chi connectivity index (χ1v) is 8.53. The number of nitro groups is 1. The van der Waals surface area contributed by atoms with Crippen molar-refractivity contribution in [2.75, 3.05) is 27.4 Å². The monoisotopic (exact) mass is 373 g/mol. The van der Waals surface area contributed by atoms with Gasteiger partial charge in [0, 0.05) is 12.1 Å². The van der Waals surface area contributed by atoms with Crippen LogP contribution in [0.4, 0.5) is 0 Å². The van der Waals surface area contributed by atoms with Gasteiger partial charge in [-0.25, -0.2) is 0 Å². The van der Waals surface area contributed by atoms with Crippen LogP contribution in [-0.2, 0) is 0 Å². The summed E-state index contributed by atoms with van der Waals surface area (Å²) in [5.74, 6) is 1.16. The lowest BCUT2D eigenvalue weighted by Gasteiger charge is -2.19. The van der Waals surface area contributed by atoms with Crippen molar-refractivity contribution < 1.29 is 23.9 Å². The minimum Gasteiger partial charge on any atom is -0.490 e. The highest BCUT2D eigenvalue weighted by Crippen LogP contribution is 2.49. The molecule has 144 valence electrons. The molecule has 0 aliphatic heterocycles. The number of methoxy groups -OCH3 is 2. The number of hydrogen-bond donors (Lipinski definition) is 0. The van der Waals surface area contributed by atoms with E-state index in [9.17, 15) is 10.1 Å². The van der Waals surface area contributed by atoms with Gasteiger partial charge in [-0.05, 0) is 19.4 Å². The van der Waals surface area contributed by atoms with Gasteiger partial charge >= 0.3 is 0 Å². The number of nitrogens with zero attached hydrogens (tertiary/aromatic N) is 1. The SMILES string of the molecule is CCOc1cc(C(=Cc2ccccc2)[N+](=O)[O-])c(OCC)c(OC)c1OC. The summed E-state index contributed by atoms with van der Waals surface area (Å²) >= 11 is 0. The third kappa shape index (κ3) is 4.49. The van der Waals surface area contributed by atoms with Gasteiger partial charge in [0.05, 0.1) is 32.4 Å². The summed E-state index contributed by atoms with van der Waals surface area (Å²) in [6, 6.07) is 10.6. The molecule has 0 aromatic heterocycles. The Morgan fingerprint density at radius 2 is 1.63 bits per heavy atom. The topological polar surface area (TPSA) is 80.1 Å². The van der Waals surface area contributed by atoms with Crippen molar-refractivity contribution in [3.63, 3.8) is 0 Å². The van der Waals surface area contributed by atoms with Gasteiger partial charge in [0.25, 0.3) is 5.70 Å². The van der Waals surface area contributed by atoms with Gasteiger partial charge in [-0.3, -0.25) is 10.1 Å². The number of ether oxygens (including phenoxy) is 4. The molecule has 0 bridgehead atoms. The molecule has 0 atom stereocenters. The summed E-state index contributed by atoms with van der Waals surface area (Å²) in [7, 11) is 2.93. The molecule has 27 heavy (non-hydrogen) atoms. The lowest BCUT2D eigenvalue weighted by Crippen LogP contribution is -2.07. The third-order valence-electron chi connectivity index (χ3n) is 3.73. The van der Waals surface area contributed by atoms with Crippen molar-refractivity contribution in [1.82, 2.24) is 0 Å². The van der Waals surface area contributed by atoms with Gasteiger partial charge in [0.1, 0.15) is 5.56 Å². The van der Waals surface area contributed by atoms with E-state index in [2.05, 4.69) is 0 Å². The summed E-state index contributed by atoms with van der Waals surface area (Å²) in [6.07, 6.45) is 1.49. The van der Waals surface area contributed by atoms with Crippen molar-refractivity contribution in [3.8, 4) is 23.0 Å². The predicted molar refractivity (Wildman–Crippen MR) is 103 cm³/mol. The smallest absolute Gasteiger partial charge is 0.281 e. The van der Waals surface area contributed by atoms with E-state index >= 15 is 0 Å². The van der Waals surface area contributed by atoms with Crippen molar-refractivity contribution >= 4 is 11.8 Å². The van der Waals surface area contributed by atoms with E-state index in [4.69, 9.17) is 18.9 Å². The molecule has 0 radical (unpaired) electrons. The van der Waals surface area contributed by atoms with Crippen LogP contribution in [0.1, 0.15) is 25.0 Å². The van der Waals surface area contributed by atoms with Crippen LogP contribution < -0.4 is 18.9 Å². The van der Waals surface area contributed by atoms with E-state index in [1.165, 1.54) is 20.3 Å². The Balaban J connectivity index is 2.79. The number of rotatable bonds is 9. The maximum Gasteiger partial charge on any atom is 0.281 e. The Bertz CT molecular complexity index is 817. The molecule has 0 N–H and O–H groups in total. The Hall–Kier alpha value is -3.22. The zero-order chi connectivity index (χ0) is 19.8. The quantitative estimate of drug-likeness (QED) is 0.371. The standard InChI is InChI=1S/C20H23NO6/c1-5-26-17-13-15(18(27-6-2)20(25-4)19(17)24-3)16(21(22)23)12-14-10-8-7-9-11-14/h7-13H,5-6H2,1-4H3. The molecule has 0 saturated heterocycles. The molecule has 0 amide bonds. The number of benzene rings is 2. The van der Waals surface area contributed by atoms with Gasteiger partial charge in [0.2, 0.25) is 11.5 Å². The molecule has 7 heteroatoms. The van der Waals surface area contributed by atoms with E-state index in [-0.39, 0.29) is 22.8 Å².